The van der Waals surface area contributed by atoms with Gasteiger partial charge in [-0.1, -0.05) is 30.4 Å². The van der Waals surface area contributed by atoms with Crippen molar-refractivity contribution in [2.45, 2.75) is 26.3 Å². The number of carbonyl (C=O) groups is 2. The quantitative estimate of drug-likeness (QED) is 0.168. The summed E-state index contributed by atoms with van der Waals surface area (Å²) in [6.07, 6.45) is 0.863. The largest absolute Gasteiger partial charge is 0.507 e. The molecular formula is C30H28N2O6S. The number of nitrogens with zero attached hydrogens (tertiary/aromatic N) is 2. The van der Waals surface area contributed by atoms with Gasteiger partial charge in [-0.2, -0.15) is 0 Å². The summed E-state index contributed by atoms with van der Waals surface area (Å²) in [5.41, 5.74) is 2.79. The number of ketones is 1. The number of amides is 1. The van der Waals surface area contributed by atoms with Gasteiger partial charge >= 0.3 is 5.91 Å². The summed E-state index contributed by atoms with van der Waals surface area (Å²) in [4.78, 5) is 33.2. The molecule has 0 spiro atoms. The molecule has 0 bridgehead atoms. The number of ether oxygens (including phenoxy) is 3. The van der Waals surface area contributed by atoms with E-state index in [-0.39, 0.29) is 11.3 Å². The molecule has 1 amide bonds. The molecule has 4 aromatic rings. The van der Waals surface area contributed by atoms with Crippen molar-refractivity contribution in [3.63, 3.8) is 0 Å². The van der Waals surface area contributed by atoms with Crippen LogP contribution in [0.15, 0.2) is 66.2 Å². The number of thiazole rings is 1. The number of aryl methyl sites for hydroxylation is 1. The van der Waals surface area contributed by atoms with Gasteiger partial charge in [0.1, 0.15) is 11.5 Å². The number of aliphatic hydroxyl groups excluding tert-OH is 1. The van der Waals surface area contributed by atoms with E-state index in [1.54, 1.807) is 49.6 Å². The number of hydrogen-bond acceptors (Lipinski definition) is 8. The van der Waals surface area contributed by atoms with Gasteiger partial charge in [-0.3, -0.25) is 14.5 Å². The summed E-state index contributed by atoms with van der Waals surface area (Å²) in [5.74, 6) is -0.275. The lowest BCUT2D eigenvalue weighted by atomic mass is 9.95. The molecule has 1 aromatic heterocycles. The van der Waals surface area contributed by atoms with E-state index in [1.165, 1.54) is 23.3 Å². The number of benzene rings is 3. The van der Waals surface area contributed by atoms with Crippen LogP contribution in [-0.4, -0.2) is 42.6 Å². The molecule has 1 aliphatic heterocycles. The summed E-state index contributed by atoms with van der Waals surface area (Å²) in [6, 6.07) is 16.9. The zero-order valence-corrected chi connectivity index (χ0v) is 22.9. The topological polar surface area (TPSA) is 98.2 Å². The van der Waals surface area contributed by atoms with Gasteiger partial charge in [-0.05, 0) is 73.0 Å². The second-order valence-electron chi connectivity index (χ2n) is 8.89. The minimum Gasteiger partial charge on any atom is -0.507 e. The molecule has 1 aliphatic rings. The Morgan fingerprint density at radius 3 is 2.41 bits per heavy atom. The van der Waals surface area contributed by atoms with Crippen LogP contribution < -0.4 is 19.1 Å². The summed E-state index contributed by atoms with van der Waals surface area (Å²) < 4.78 is 17.4. The SMILES string of the molecule is CCOc1ccc(C2C(=C(O)c3ccc(OC)cc3)C(=O)C(=O)N2c2nc3ccc(CC)cc3s2)cc1OC. The van der Waals surface area contributed by atoms with E-state index in [2.05, 4.69) is 6.92 Å². The van der Waals surface area contributed by atoms with Crippen molar-refractivity contribution in [3.05, 3.63) is 82.9 Å². The molecule has 0 saturated carbocycles. The lowest BCUT2D eigenvalue weighted by Gasteiger charge is -2.24. The fourth-order valence-electron chi connectivity index (χ4n) is 4.66. The second kappa shape index (κ2) is 10.8. The third-order valence-electron chi connectivity index (χ3n) is 6.67. The molecule has 1 saturated heterocycles. The number of Topliss-reactive ketones (excluding diaryl/α,β-unsaturated/α-hetero) is 1. The molecule has 0 radical (unpaired) electrons. The molecule has 200 valence electrons. The maximum absolute atomic E-state index is 13.6. The monoisotopic (exact) mass is 544 g/mol. The second-order valence-corrected chi connectivity index (χ2v) is 9.90. The van der Waals surface area contributed by atoms with Gasteiger partial charge in [0.2, 0.25) is 0 Å². The van der Waals surface area contributed by atoms with E-state index in [0.717, 1.165) is 22.2 Å². The van der Waals surface area contributed by atoms with Crippen molar-refractivity contribution in [2.75, 3.05) is 25.7 Å². The van der Waals surface area contributed by atoms with Crippen molar-refractivity contribution in [1.82, 2.24) is 4.98 Å². The van der Waals surface area contributed by atoms with Gasteiger partial charge in [-0.15, -0.1) is 0 Å². The van der Waals surface area contributed by atoms with E-state index in [4.69, 9.17) is 19.2 Å². The van der Waals surface area contributed by atoms with E-state index in [0.29, 0.717) is 40.1 Å². The van der Waals surface area contributed by atoms with E-state index < -0.39 is 17.7 Å². The van der Waals surface area contributed by atoms with E-state index in [1.807, 2.05) is 25.1 Å². The highest BCUT2D eigenvalue weighted by atomic mass is 32.1. The van der Waals surface area contributed by atoms with Crippen molar-refractivity contribution in [1.29, 1.82) is 0 Å². The molecule has 3 aromatic carbocycles. The fraction of sp³-hybridized carbons (Fsp3) is 0.233. The number of rotatable bonds is 8. The number of hydrogen-bond donors (Lipinski definition) is 1. The average Bonchev–Trinajstić information content (AvgIpc) is 3.50. The van der Waals surface area contributed by atoms with Gasteiger partial charge in [0.25, 0.3) is 5.78 Å². The van der Waals surface area contributed by atoms with Crippen LogP contribution in [0.2, 0.25) is 0 Å². The van der Waals surface area contributed by atoms with Crippen LogP contribution in [0.4, 0.5) is 5.13 Å². The minimum absolute atomic E-state index is 0.0371. The summed E-state index contributed by atoms with van der Waals surface area (Å²) >= 11 is 1.33. The molecular weight excluding hydrogens is 516 g/mol. The number of aromatic nitrogens is 1. The van der Waals surface area contributed by atoms with Gasteiger partial charge in [-0.25, -0.2) is 4.98 Å². The fourth-order valence-corrected chi connectivity index (χ4v) is 5.71. The number of aliphatic hydroxyl groups is 1. The van der Waals surface area contributed by atoms with Crippen LogP contribution in [-0.2, 0) is 16.0 Å². The third-order valence-corrected chi connectivity index (χ3v) is 7.68. The molecule has 1 atom stereocenters. The Morgan fingerprint density at radius 2 is 1.74 bits per heavy atom. The third kappa shape index (κ3) is 4.70. The van der Waals surface area contributed by atoms with Crippen LogP contribution in [0, 0.1) is 0 Å². The molecule has 39 heavy (non-hydrogen) atoms. The Morgan fingerprint density at radius 1 is 0.974 bits per heavy atom. The molecule has 0 aliphatic carbocycles. The zero-order chi connectivity index (χ0) is 27.7. The Labute approximate surface area is 230 Å². The van der Waals surface area contributed by atoms with Crippen molar-refractivity contribution in [3.8, 4) is 17.2 Å². The van der Waals surface area contributed by atoms with Gasteiger partial charge in [0.15, 0.2) is 16.6 Å². The lowest BCUT2D eigenvalue weighted by molar-refractivity contribution is -0.132. The average molecular weight is 545 g/mol. The van der Waals surface area contributed by atoms with Gasteiger partial charge in [0, 0.05) is 5.56 Å². The molecule has 1 unspecified atom stereocenters. The Hall–Kier alpha value is -4.37. The van der Waals surface area contributed by atoms with Crippen LogP contribution in [0.1, 0.15) is 36.6 Å². The highest BCUT2D eigenvalue weighted by molar-refractivity contribution is 7.22. The predicted molar refractivity (Wildman–Crippen MR) is 151 cm³/mol. The number of methoxy groups -OCH3 is 2. The molecule has 5 rings (SSSR count). The Balaban J connectivity index is 1.71. The molecule has 2 heterocycles. The smallest absolute Gasteiger partial charge is 0.301 e. The van der Waals surface area contributed by atoms with E-state index >= 15 is 0 Å². The molecule has 9 heteroatoms. The van der Waals surface area contributed by atoms with Crippen LogP contribution in [0.3, 0.4) is 0 Å². The summed E-state index contributed by atoms with van der Waals surface area (Å²) in [5, 5.41) is 11.8. The number of carbonyl (C=O) groups excluding carboxylic acids is 2. The normalized spacial score (nSPS) is 16.6. The lowest BCUT2D eigenvalue weighted by Crippen LogP contribution is -2.29. The van der Waals surface area contributed by atoms with Crippen molar-refractivity contribution >= 4 is 44.1 Å². The predicted octanol–water partition coefficient (Wildman–Crippen LogP) is 5.90. The summed E-state index contributed by atoms with van der Waals surface area (Å²) in [7, 11) is 3.07. The number of anilines is 1. The standard InChI is InChI=1S/C30H28N2O6S/c1-5-17-7-13-21-24(15-17)39-30(31-21)32-26(19-10-14-22(38-6-2)23(16-19)37-4)25(28(34)29(32)35)27(33)18-8-11-20(36-3)12-9-18/h7-16,26,33H,5-6H2,1-4H3. The highest BCUT2D eigenvalue weighted by Gasteiger charge is 2.48. The Kier molecular flexibility index (Phi) is 7.26. The Bertz CT molecular complexity index is 1590. The van der Waals surface area contributed by atoms with Gasteiger partial charge < -0.3 is 19.3 Å². The minimum atomic E-state index is -0.942. The van der Waals surface area contributed by atoms with Crippen LogP contribution in [0.5, 0.6) is 17.2 Å². The first-order valence-corrected chi connectivity index (χ1v) is 13.4. The van der Waals surface area contributed by atoms with Crippen LogP contribution >= 0.6 is 11.3 Å². The molecule has 8 nitrogen and oxygen atoms in total. The first-order chi connectivity index (χ1) is 18.9. The van der Waals surface area contributed by atoms with Crippen LogP contribution in [0.25, 0.3) is 16.0 Å². The number of fused-ring (bicyclic) bond motifs is 1. The van der Waals surface area contributed by atoms with E-state index in [9.17, 15) is 14.7 Å². The van der Waals surface area contributed by atoms with Gasteiger partial charge in [0.05, 0.1) is 42.7 Å². The summed E-state index contributed by atoms with van der Waals surface area (Å²) in [6.45, 7) is 4.38. The maximum atomic E-state index is 13.6. The zero-order valence-electron chi connectivity index (χ0n) is 22.1. The first kappa shape index (κ1) is 26.2. The van der Waals surface area contributed by atoms with Crippen molar-refractivity contribution < 1.29 is 28.9 Å². The van der Waals surface area contributed by atoms with Crippen molar-refractivity contribution in [2.24, 2.45) is 0 Å². The molecule has 1 N–H and O–H groups in total. The first-order valence-electron chi connectivity index (χ1n) is 12.6. The maximum Gasteiger partial charge on any atom is 0.301 e. The highest BCUT2D eigenvalue weighted by Crippen LogP contribution is 2.46. The molecule has 1 fully saturated rings.